The van der Waals surface area contributed by atoms with Crippen LogP contribution in [-0.2, 0) is 17.8 Å². The smallest absolute Gasteiger partial charge is 0.224 e. The lowest BCUT2D eigenvalue weighted by Gasteiger charge is -2.13. The molecule has 0 fully saturated rings. The van der Waals surface area contributed by atoms with Crippen LogP contribution in [0.4, 0.5) is 0 Å². The zero-order chi connectivity index (χ0) is 22.9. The first kappa shape index (κ1) is 22.1. The molecule has 3 heteroatoms. The van der Waals surface area contributed by atoms with Gasteiger partial charge in [0.1, 0.15) is 5.75 Å². The van der Waals surface area contributed by atoms with Crippen LogP contribution in [0.2, 0.25) is 0 Å². The fourth-order valence-electron chi connectivity index (χ4n) is 3.76. The van der Waals surface area contributed by atoms with Crippen LogP contribution in [0.15, 0.2) is 103 Å². The van der Waals surface area contributed by atoms with Crippen molar-refractivity contribution in [3.63, 3.8) is 0 Å². The third-order valence-corrected chi connectivity index (χ3v) is 5.52. The Labute approximate surface area is 195 Å². The zero-order valence-electron chi connectivity index (χ0n) is 18.7. The molecule has 0 aromatic heterocycles. The number of carbonyl (C=O) groups excluding carboxylic acids is 1. The Kier molecular flexibility index (Phi) is 7.34. The fourth-order valence-corrected chi connectivity index (χ4v) is 3.76. The number of hydrogen-bond donors (Lipinski definition) is 1. The molecule has 0 aliphatic rings. The molecule has 4 aromatic rings. The summed E-state index contributed by atoms with van der Waals surface area (Å²) in [5.74, 6) is 0.778. The summed E-state index contributed by atoms with van der Waals surface area (Å²) in [6, 6.07) is 34.4. The molecule has 4 rings (SSSR count). The molecule has 1 amide bonds. The van der Waals surface area contributed by atoms with Crippen molar-refractivity contribution < 1.29 is 9.53 Å². The van der Waals surface area contributed by atoms with E-state index in [9.17, 15) is 4.79 Å². The quantitative estimate of drug-likeness (QED) is 0.327. The average molecular weight is 434 g/mol. The molecule has 4 aromatic carbocycles. The predicted molar refractivity (Wildman–Crippen MR) is 136 cm³/mol. The summed E-state index contributed by atoms with van der Waals surface area (Å²) in [6.07, 6.45) is 4.60. The average Bonchev–Trinajstić information content (AvgIpc) is 2.88. The van der Waals surface area contributed by atoms with E-state index >= 15 is 0 Å². The molecule has 0 bridgehead atoms. The summed E-state index contributed by atoms with van der Waals surface area (Å²) in [5.41, 5.74) is 6.60. The number of amides is 1. The topological polar surface area (TPSA) is 38.3 Å². The first-order valence-electron chi connectivity index (χ1n) is 11.0. The maximum absolute atomic E-state index is 12.6. The Hall–Kier alpha value is -4.11. The minimum atomic E-state index is -0.00720. The van der Waals surface area contributed by atoms with Crippen molar-refractivity contribution in [1.82, 2.24) is 5.32 Å². The van der Waals surface area contributed by atoms with E-state index in [1.54, 1.807) is 7.11 Å². The summed E-state index contributed by atoms with van der Waals surface area (Å²) >= 11 is 0. The number of nitrogens with one attached hydrogen (secondary N) is 1. The van der Waals surface area contributed by atoms with Crippen LogP contribution in [-0.4, -0.2) is 13.0 Å². The van der Waals surface area contributed by atoms with Crippen molar-refractivity contribution in [2.45, 2.75) is 13.0 Å². The van der Waals surface area contributed by atoms with Gasteiger partial charge in [0.15, 0.2) is 0 Å². The number of hydrogen-bond acceptors (Lipinski definition) is 2. The molecule has 0 saturated carbocycles. The molecule has 0 spiro atoms. The first-order valence-corrected chi connectivity index (χ1v) is 11.0. The van der Waals surface area contributed by atoms with Crippen molar-refractivity contribution in [3.8, 4) is 16.9 Å². The van der Waals surface area contributed by atoms with E-state index in [1.165, 1.54) is 0 Å². The molecule has 0 heterocycles. The SMILES string of the molecule is COc1ccc(CC(=O)NCc2ccccc2-c2ccccc2/C=C/c2ccccc2)cc1. The monoisotopic (exact) mass is 433 g/mol. The summed E-state index contributed by atoms with van der Waals surface area (Å²) in [5, 5.41) is 3.08. The maximum Gasteiger partial charge on any atom is 0.224 e. The second-order valence-corrected chi connectivity index (χ2v) is 7.79. The molecular formula is C30H27NO2. The fraction of sp³-hybridized carbons (Fsp3) is 0.100. The molecule has 0 saturated heterocycles. The van der Waals surface area contributed by atoms with Crippen molar-refractivity contribution in [2.24, 2.45) is 0 Å². The molecular weight excluding hydrogens is 406 g/mol. The highest BCUT2D eigenvalue weighted by atomic mass is 16.5. The van der Waals surface area contributed by atoms with Crippen LogP contribution < -0.4 is 10.1 Å². The van der Waals surface area contributed by atoms with Gasteiger partial charge < -0.3 is 10.1 Å². The summed E-state index contributed by atoms with van der Waals surface area (Å²) in [6.45, 7) is 0.474. The van der Waals surface area contributed by atoms with Gasteiger partial charge >= 0.3 is 0 Å². The van der Waals surface area contributed by atoms with E-state index in [0.717, 1.165) is 39.1 Å². The van der Waals surface area contributed by atoms with Crippen LogP contribution in [0.3, 0.4) is 0 Å². The van der Waals surface area contributed by atoms with Crippen molar-refractivity contribution >= 4 is 18.1 Å². The summed E-state index contributed by atoms with van der Waals surface area (Å²) in [7, 11) is 1.63. The van der Waals surface area contributed by atoms with Gasteiger partial charge in [0.25, 0.3) is 0 Å². The number of benzene rings is 4. The van der Waals surface area contributed by atoms with Gasteiger partial charge in [0.2, 0.25) is 5.91 Å². The van der Waals surface area contributed by atoms with E-state index in [-0.39, 0.29) is 5.91 Å². The molecule has 0 radical (unpaired) electrons. The highest BCUT2D eigenvalue weighted by molar-refractivity contribution is 5.83. The standard InChI is InChI=1S/C30H27NO2/c1-33-27-19-16-24(17-20-27)21-30(32)31-22-26-12-6-8-14-29(26)28-13-7-5-11-25(28)18-15-23-9-3-2-4-10-23/h2-20H,21-22H2,1H3,(H,31,32)/b18-15+. The Balaban J connectivity index is 1.50. The molecule has 0 aliphatic carbocycles. The van der Waals surface area contributed by atoms with Crippen LogP contribution >= 0.6 is 0 Å². The summed E-state index contributed by atoms with van der Waals surface area (Å²) in [4.78, 5) is 12.6. The second-order valence-electron chi connectivity index (χ2n) is 7.79. The highest BCUT2D eigenvalue weighted by Crippen LogP contribution is 2.28. The molecule has 164 valence electrons. The lowest BCUT2D eigenvalue weighted by atomic mass is 9.94. The van der Waals surface area contributed by atoms with Crippen LogP contribution in [0.5, 0.6) is 5.75 Å². The van der Waals surface area contributed by atoms with E-state index < -0.39 is 0 Å². The van der Waals surface area contributed by atoms with Crippen molar-refractivity contribution in [2.75, 3.05) is 7.11 Å². The Morgan fingerprint density at radius 2 is 1.42 bits per heavy atom. The third-order valence-electron chi connectivity index (χ3n) is 5.52. The van der Waals surface area contributed by atoms with Gasteiger partial charge in [-0.2, -0.15) is 0 Å². The molecule has 0 unspecified atom stereocenters. The Morgan fingerprint density at radius 1 is 0.758 bits per heavy atom. The van der Waals surface area contributed by atoms with Crippen LogP contribution in [0.25, 0.3) is 23.3 Å². The van der Waals surface area contributed by atoms with Gasteiger partial charge in [0, 0.05) is 6.54 Å². The van der Waals surface area contributed by atoms with Gasteiger partial charge in [0.05, 0.1) is 13.5 Å². The van der Waals surface area contributed by atoms with E-state index in [2.05, 4.69) is 53.9 Å². The Morgan fingerprint density at radius 3 is 2.18 bits per heavy atom. The number of methoxy groups -OCH3 is 1. The highest BCUT2D eigenvalue weighted by Gasteiger charge is 2.10. The number of carbonyl (C=O) groups is 1. The molecule has 0 atom stereocenters. The normalized spacial score (nSPS) is 10.8. The van der Waals surface area contributed by atoms with Crippen molar-refractivity contribution in [1.29, 1.82) is 0 Å². The number of ether oxygens (including phenoxy) is 1. The van der Waals surface area contributed by atoms with Gasteiger partial charge in [-0.25, -0.2) is 0 Å². The minimum absolute atomic E-state index is 0.00720. The van der Waals surface area contributed by atoms with Crippen LogP contribution in [0.1, 0.15) is 22.3 Å². The molecule has 0 aliphatic heterocycles. The lowest BCUT2D eigenvalue weighted by molar-refractivity contribution is -0.120. The number of rotatable bonds is 8. The van der Waals surface area contributed by atoms with E-state index in [4.69, 9.17) is 4.74 Å². The van der Waals surface area contributed by atoms with Gasteiger partial charge in [-0.15, -0.1) is 0 Å². The molecule has 33 heavy (non-hydrogen) atoms. The molecule has 1 N–H and O–H groups in total. The summed E-state index contributed by atoms with van der Waals surface area (Å²) < 4.78 is 5.18. The lowest BCUT2D eigenvalue weighted by Crippen LogP contribution is -2.24. The zero-order valence-corrected chi connectivity index (χ0v) is 18.7. The van der Waals surface area contributed by atoms with E-state index in [1.807, 2.05) is 66.7 Å². The second kappa shape index (κ2) is 11.0. The van der Waals surface area contributed by atoms with E-state index in [0.29, 0.717) is 13.0 Å². The first-order chi connectivity index (χ1) is 16.2. The largest absolute Gasteiger partial charge is 0.497 e. The minimum Gasteiger partial charge on any atom is -0.497 e. The molecule has 3 nitrogen and oxygen atoms in total. The van der Waals surface area contributed by atoms with Gasteiger partial charge in [-0.1, -0.05) is 103 Å². The predicted octanol–water partition coefficient (Wildman–Crippen LogP) is 6.39. The van der Waals surface area contributed by atoms with Gasteiger partial charge in [-0.3, -0.25) is 4.79 Å². The van der Waals surface area contributed by atoms with Gasteiger partial charge in [-0.05, 0) is 45.5 Å². The Bertz CT molecular complexity index is 1230. The third kappa shape index (κ3) is 5.98. The van der Waals surface area contributed by atoms with Crippen LogP contribution in [0, 0.1) is 0 Å². The maximum atomic E-state index is 12.6. The van der Waals surface area contributed by atoms with Crippen molar-refractivity contribution in [3.05, 3.63) is 125 Å².